The highest BCUT2D eigenvalue weighted by Crippen LogP contribution is 2.36. The van der Waals surface area contributed by atoms with E-state index in [-0.39, 0.29) is 5.54 Å². The third-order valence-corrected chi connectivity index (χ3v) is 3.60. The van der Waals surface area contributed by atoms with E-state index in [4.69, 9.17) is 10.5 Å². The van der Waals surface area contributed by atoms with Crippen LogP contribution in [0.5, 0.6) is 0 Å². The van der Waals surface area contributed by atoms with E-state index in [1.54, 1.807) is 0 Å². The van der Waals surface area contributed by atoms with Crippen molar-refractivity contribution in [2.45, 2.75) is 57.6 Å². The van der Waals surface area contributed by atoms with Gasteiger partial charge in [-0.3, -0.25) is 5.32 Å². The molecule has 1 aliphatic carbocycles. The van der Waals surface area contributed by atoms with Crippen LogP contribution in [-0.4, -0.2) is 11.7 Å². The average molecular weight is 276 g/mol. The molecule has 0 atom stereocenters. The Bertz CT molecular complexity index is 468. The predicted molar refractivity (Wildman–Crippen MR) is 80.6 cm³/mol. The van der Waals surface area contributed by atoms with Crippen LogP contribution in [0.2, 0.25) is 0 Å². The minimum atomic E-state index is -0.491. The smallest absolute Gasteiger partial charge is 0.412 e. The predicted octanol–water partition coefficient (Wildman–Crippen LogP) is 3.76. The molecule has 1 aromatic rings. The molecule has 20 heavy (non-hydrogen) atoms. The van der Waals surface area contributed by atoms with Crippen molar-refractivity contribution in [3.05, 3.63) is 29.8 Å². The number of ether oxygens (including phenoxy) is 1. The number of nitrogens with one attached hydrogen (secondary N) is 1. The summed E-state index contributed by atoms with van der Waals surface area (Å²) in [6, 6.07) is 7.76. The van der Waals surface area contributed by atoms with Crippen LogP contribution in [0.25, 0.3) is 0 Å². The number of carbonyl (C=O) groups is 1. The first-order valence-electron chi connectivity index (χ1n) is 7.18. The van der Waals surface area contributed by atoms with Gasteiger partial charge in [0, 0.05) is 11.2 Å². The van der Waals surface area contributed by atoms with Gasteiger partial charge in [-0.15, -0.1) is 0 Å². The summed E-state index contributed by atoms with van der Waals surface area (Å²) in [5.74, 6) is 0. The van der Waals surface area contributed by atoms with E-state index in [1.165, 1.54) is 12.8 Å². The van der Waals surface area contributed by atoms with Crippen molar-refractivity contribution in [2.24, 2.45) is 5.73 Å². The molecule has 2 rings (SSSR count). The summed E-state index contributed by atoms with van der Waals surface area (Å²) < 4.78 is 5.22. The standard InChI is InChI=1S/C16H24N2O2/c1-15(2,3)20-14(19)18-13-8-6-12(7-9-13)16(17)10-4-5-11-16/h6-9H,4-5,10-11,17H2,1-3H3,(H,18,19). The first-order chi connectivity index (χ1) is 9.28. The Labute approximate surface area is 120 Å². The van der Waals surface area contributed by atoms with Crippen molar-refractivity contribution in [3.8, 4) is 0 Å². The molecule has 0 unspecified atom stereocenters. The van der Waals surface area contributed by atoms with Gasteiger partial charge in [0.2, 0.25) is 0 Å². The third kappa shape index (κ3) is 3.73. The fraction of sp³-hybridized carbons (Fsp3) is 0.562. The van der Waals surface area contributed by atoms with Gasteiger partial charge in [-0.2, -0.15) is 0 Å². The lowest BCUT2D eigenvalue weighted by molar-refractivity contribution is 0.0636. The molecule has 1 saturated carbocycles. The molecule has 4 heteroatoms. The van der Waals surface area contributed by atoms with Crippen LogP contribution < -0.4 is 11.1 Å². The van der Waals surface area contributed by atoms with Gasteiger partial charge in [0.15, 0.2) is 0 Å². The summed E-state index contributed by atoms with van der Waals surface area (Å²) in [4.78, 5) is 11.7. The van der Waals surface area contributed by atoms with Crippen LogP contribution in [0.4, 0.5) is 10.5 Å². The monoisotopic (exact) mass is 276 g/mol. The largest absolute Gasteiger partial charge is 0.444 e. The Kier molecular flexibility index (Phi) is 4.04. The Morgan fingerprint density at radius 3 is 2.25 bits per heavy atom. The molecule has 0 bridgehead atoms. The maximum Gasteiger partial charge on any atom is 0.412 e. The maximum atomic E-state index is 11.7. The summed E-state index contributed by atoms with van der Waals surface area (Å²) in [7, 11) is 0. The van der Waals surface area contributed by atoms with Crippen molar-refractivity contribution < 1.29 is 9.53 Å². The van der Waals surface area contributed by atoms with E-state index < -0.39 is 11.7 Å². The number of rotatable bonds is 2. The molecule has 0 spiro atoms. The highest BCUT2D eigenvalue weighted by molar-refractivity contribution is 5.84. The summed E-state index contributed by atoms with van der Waals surface area (Å²) in [5, 5.41) is 2.73. The molecule has 0 saturated heterocycles. The van der Waals surface area contributed by atoms with E-state index in [9.17, 15) is 4.79 Å². The Balaban J connectivity index is 2.00. The van der Waals surface area contributed by atoms with Crippen LogP contribution in [0.3, 0.4) is 0 Å². The fourth-order valence-corrected chi connectivity index (χ4v) is 2.60. The number of amides is 1. The third-order valence-electron chi connectivity index (χ3n) is 3.60. The van der Waals surface area contributed by atoms with Gasteiger partial charge in [0.1, 0.15) is 5.60 Å². The molecule has 0 heterocycles. The number of anilines is 1. The van der Waals surface area contributed by atoms with Gasteiger partial charge >= 0.3 is 6.09 Å². The summed E-state index contributed by atoms with van der Waals surface area (Å²) in [6.45, 7) is 5.52. The van der Waals surface area contributed by atoms with Crippen LogP contribution in [0, 0.1) is 0 Å². The molecule has 1 aliphatic rings. The van der Waals surface area contributed by atoms with E-state index in [1.807, 2.05) is 45.0 Å². The van der Waals surface area contributed by atoms with Gasteiger partial charge in [0.25, 0.3) is 0 Å². The average Bonchev–Trinajstić information content (AvgIpc) is 2.75. The second-order valence-electron chi connectivity index (χ2n) is 6.57. The molecule has 1 amide bonds. The van der Waals surface area contributed by atoms with Crippen LogP contribution in [0.15, 0.2) is 24.3 Å². The van der Waals surface area contributed by atoms with Crippen molar-refractivity contribution in [1.82, 2.24) is 0 Å². The first-order valence-corrected chi connectivity index (χ1v) is 7.18. The van der Waals surface area contributed by atoms with Crippen LogP contribution in [-0.2, 0) is 10.3 Å². The zero-order valence-electron chi connectivity index (χ0n) is 12.5. The zero-order valence-corrected chi connectivity index (χ0v) is 12.5. The van der Waals surface area contributed by atoms with E-state index in [0.717, 1.165) is 24.1 Å². The van der Waals surface area contributed by atoms with Crippen molar-refractivity contribution in [3.63, 3.8) is 0 Å². The molecule has 0 aromatic heterocycles. The van der Waals surface area contributed by atoms with Gasteiger partial charge in [-0.1, -0.05) is 25.0 Å². The number of nitrogens with two attached hydrogens (primary N) is 1. The van der Waals surface area contributed by atoms with Crippen molar-refractivity contribution in [1.29, 1.82) is 0 Å². The Morgan fingerprint density at radius 2 is 1.75 bits per heavy atom. The number of benzene rings is 1. The molecule has 1 aromatic carbocycles. The summed E-state index contributed by atoms with van der Waals surface area (Å²) in [6.07, 6.45) is 4.01. The van der Waals surface area contributed by atoms with E-state index in [0.29, 0.717) is 0 Å². The number of carbonyl (C=O) groups excluding carboxylic acids is 1. The van der Waals surface area contributed by atoms with Gasteiger partial charge in [-0.05, 0) is 51.3 Å². The zero-order chi connectivity index (χ0) is 14.8. The number of hydrogen-bond acceptors (Lipinski definition) is 3. The molecule has 0 aliphatic heterocycles. The quantitative estimate of drug-likeness (QED) is 0.864. The highest BCUT2D eigenvalue weighted by atomic mass is 16.6. The molecule has 0 radical (unpaired) electrons. The fourth-order valence-electron chi connectivity index (χ4n) is 2.60. The maximum absolute atomic E-state index is 11.7. The van der Waals surface area contributed by atoms with E-state index >= 15 is 0 Å². The Hall–Kier alpha value is -1.55. The minimum Gasteiger partial charge on any atom is -0.444 e. The molecule has 1 fully saturated rings. The van der Waals surface area contributed by atoms with Gasteiger partial charge in [-0.25, -0.2) is 4.79 Å². The SMILES string of the molecule is CC(C)(C)OC(=O)Nc1ccc(C2(N)CCCC2)cc1. The second kappa shape index (κ2) is 5.44. The summed E-state index contributed by atoms with van der Waals surface area (Å²) in [5.41, 5.74) is 7.59. The van der Waals surface area contributed by atoms with E-state index in [2.05, 4.69) is 5.32 Å². The Morgan fingerprint density at radius 1 is 1.20 bits per heavy atom. The van der Waals surface area contributed by atoms with Crippen molar-refractivity contribution in [2.75, 3.05) is 5.32 Å². The van der Waals surface area contributed by atoms with Crippen molar-refractivity contribution >= 4 is 11.8 Å². The lowest BCUT2D eigenvalue weighted by Gasteiger charge is -2.24. The molecular formula is C16H24N2O2. The first kappa shape index (κ1) is 14.9. The molecular weight excluding hydrogens is 252 g/mol. The summed E-state index contributed by atoms with van der Waals surface area (Å²) >= 11 is 0. The lowest BCUT2D eigenvalue weighted by Crippen LogP contribution is -2.33. The highest BCUT2D eigenvalue weighted by Gasteiger charge is 2.30. The molecule has 3 N–H and O–H groups in total. The normalized spacial score (nSPS) is 17.8. The molecule has 110 valence electrons. The van der Waals surface area contributed by atoms with Crippen LogP contribution in [0.1, 0.15) is 52.0 Å². The van der Waals surface area contributed by atoms with Crippen LogP contribution >= 0.6 is 0 Å². The lowest BCUT2D eigenvalue weighted by atomic mass is 9.89. The topological polar surface area (TPSA) is 64.3 Å². The molecule has 4 nitrogen and oxygen atoms in total. The van der Waals surface area contributed by atoms with Gasteiger partial charge < -0.3 is 10.5 Å². The van der Waals surface area contributed by atoms with Gasteiger partial charge in [0.05, 0.1) is 0 Å². The minimum absolute atomic E-state index is 0.190. The number of hydrogen-bond donors (Lipinski definition) is 2. The second-order valence-corrected chi connectivity index (χ2v) is 6.57.